The van der Waals surface area contributed by atoms with Crippen LogP contribution in [0, 0.1) is 24.2 Å². The molecule has 1 aliphatic rings. The zero-order chi connectivity index (χ0) is 26.2. The smallest absolute Gasteiger partial charge is 0.338 e. The summed E-state index contributed by atoms with van der Waals surface area (Å²) in [7, 11) is 0. The summed E-state index contributed by atoms with van der Waals surface area (Å²) in [5.74, 6) is 0.265. The first-order chi connectivity index (χ1) is 17.9. The van der Waals surface area contributed by atoms with Crippen LogP contribution in [-0.2, 0) is 16.1 Å². The molecular weight excluding hydrogens is 502 g/mol. The van der Waals surface area contributed by atoms with Crippen LogP contribution < -0.4 is 15.8 Å². The van der Waals surface area contributed by atoms with Gasteiger partial charge >= 0.3 is 11.9 Å². The van der Waals surface area contributed by atoms with Gasteiger partial charge in [0, 0.05) is 6.54 Å². The molecule has 38 heavy (non-hydrogen) atoms. The molecule has 0 aliphatic heterocycles. The van der Waals surface area contributed by atoms with Crippen molar-refractivity contribution in [2.24, 2.45) is 17.6 Å². The number of nitrogens with two attached hydrogens (primary N) is 1. The van der Waals surface area contributed by atoms with E-state index in [9.17, 15) is 9.59 Å². The first-order valence-electron chi connectivity index (χ1n) is 12.6. The van der Waals surface area contributed by atoms with Crippen molar-refractivity contribution in [3.05, 3.63) is 89.5 Å². The highest BCUT2D eigenvalue weighted by molar-refractivity contribution is 5.90. The summed E-state index contributed by atoms with van der Waals surface area (Å²) in [6.45, 7) is 2.93. The van der Waals surface area contributed by atoms with Crippen LogP contribution in [0.2, 0.25) is 0 Å². The van der Waals surface area contributed by atoms with Crippen LogP contribution in [0.25, 0.3) is 11.1 Å². The first kappa shape index (κ1) is 28.7. The van der Waals surface area contributed by atoms with Crippen molar-refractivity contribution in [1.29, 1.82) is 5.41 Å². The van der Waals surface area contributed by atoms with Gasteiger partial charge in [0.25, 0.3) is 0 Å². The fourth-order valence-corrected chi connectivity index (χ4v) is 4.49. The molecule has 1 saturated carbocycles. The maximum absolute atomic E-state index is 12.6. The fraction of sp³-hybridized carbons (Fsp3) is 0.300. The highest BCUT2D eigenvalue weighted by Gasteiger charge is 2.27. The number of hydrogen-bond acceptors (Lipinski definition) is 5. The first-order valence-corrected chi connectivity index (χ1v) is 12.6. The van der Waals surface area contributed by atoms with Crippen LogP contribution in [0.4, 0.5) is 0 Å². The number of halogens is 1. The molecule has 0 heterocycles. The molecule has 7 nitrogen and oxygen atoms in total. The molecule has 4 N–H and O–H groups in total. The number of rotatable bonds is 8. The molecule has 1 fully saturated rings. The van der Waals surface area contributed by atoms with E-state index in [2.05, 4.69) is 5.32 Å². The van der Waals surface area contributed by atoms with Crippen molar-refractivity contribution in [3.63, 3.8) is 0 Å². The summed E-state index contributed by atoms with van der Waals surface area (Å²) in [5, 5.41) is 10.1. The predicted octanol–water partition coefficient (Wildman–Crippen LogP) is 5.64. The number of ether oxygens (including phenoxy) is 2. The van der Waals surface area contributed by atoms with E-state index >= 15 is 0 Å². The van der Waals surface area contributed by atoms with Crippen molar-refractivity contribution in [2.75, 3.05) is 6.54 Å². The van der Waals surface area contributed by atoms with Gasteiger partial charge in [-0.2, -0.15) is 0 Å². The highest BCUT2D eigenvalue weighted by atomic mass is 35.5. The number of guanidine groups is 1. The average Bonchev–Trinajstić information content (AvgIpc) is 2.92. The van der Waals surface area contributed by atoms with Crippen LogP contribution >= 0.6 is 12.4 Å². The molecule has 1 aliphatic carbocycles. The van der Waals surface area contributed by atoms with Crippen molar-refractivity contribution in [3.8, 4) is 16.9 Å². The lowest BCUT2D eigenvalue weighted by Gasteiger charge is -2.27. The molecule has 0 spiro atoms. The summed E-state index contributed by atoms with van der Waals surface area (Å²) in [6.07, 6.45) is 3.38. The van der Waals surface area contributed by atoms with E-state index in [1.807, 2.05) is 55.5 Å². The van der Waals surface area contributed by atoms with Gasteiger partial charge in [-0.1, -0.05) is 54.1 Å². The second-order valence-corrected chi connectivity index (χ2v) is 9.60. The van der Waals surface area contributed by atoms with Crippen molar-refractivity contribution in [1.82, 2.24) is 5.32 Å². The Labute approximate surface area is 229 Å². The second kappa shape index (κ2) is 13.6. The number of aryl methyl sites for hydroxylation is 1. The van der Waals surface area contributed by atoms with Gasteiger partial charge in [0.1, 0.15) is 12.4 Å². The van der Waals surface area contributed by atoms with Gasteiger partial charge in [-0.15, -0.1) is 12.4 Å². The molecule has 0 radical (unpaired) electrons. The number of benzene rings is 3. The molecule has 0 atom stereocenters. The van der Waals surface area contributed by atoms with Gasteiger partial charge < -0.3 is 20.5 Å². The second-order valence-electron chi connectivity index (χ2n) is 9.60. The highest BCUT2D eigenvalue weighted by Crippen LogP contribution is 2.30. The Morgan fingerprint density at radius 2 is 1.47 bits per heavy atom. The monoisotopic (exact) mass is 535 g/mol. The Bertz CT molecular complexity index is 1220. The van der Waals surface area contributed by atoms with Gasteiger partial charge in [-0.25, -0.2) is 4.79 Å². The van der Waals surface area contributed by atoms with E-state index in [1.165, 1.54) is 0 Å². The zero-order valence-electron chi connectivity index (χ0n) is 21.4. The van der Waals surface area contributed by atoms with Gasteiger partial charge in [0.05, 0.1) is 11.5 Å². The lowest BCUT2D eigenvalue weighted by Crippen LogP contribution is -2.36. The van der Waals surface area contributed by atoms with Gasteiger partial charge in [0.15, 0.2) is 5.96 Å². The van der Waals surface area contributed by atoms with E-state index in [-0.39, 0.29) is 42.8 Å². The molecular formula is C30H34ClN3O4. The topological polar surface area (TPSA) is 114 Å². The maximum atomic E-state index is 12.6. The third kappa shape index (κ3) is 8.08. The Kier molecular flexibility index (Phi) is 10.3. The molecule has 0 amide bonds. The van der Waals surface area contributed by atoms with Crippen LogP contribution in [0.1, 0.15) is 47.2 Å². The maximum Gasteiger partial charge on any atom is 0.338 e. The standard InChI is InChI=1S/C30H33N3O4.ClH/c1-20-2-4-22(5-3-20)19-36-28(34)25-12-10-23(11-13-25)24-14-16-27(17-15-24)37-29(35)26-8-6-21(7-9-26)18-33-30(31)32;/h2-5,10-17,21,26H,6-9,18-19H2,1H3,(H4,31,32,33);1H. The van der Waals surface area contributed by atoms with Crippen molar-refractivity contribution in [2.45, 2.75) is 39.2 Å². The minimum absolute atomic E-state index is 0. The van der Waals surface area contributed by atoms with Crippen LogP contribution in [0.15, 0.2) is 72.8 Å². The number of esters is 2. The summed E-state index contributed by atoms with van der Waals surface area (Å²) < 4.78 is 11.1. The molecule has 8 heteroatoms. The SMILES string of the molecule is Cc1ccc(COC(=O)c2ccc(-c3ccc(OC(=O)C4CCC(CNC(=N)N)CC4)cc3)cc2)cc1.Cl. The van der Waals surface area contributed by atoms with E-state index in [4.69, 9.17) is 20.6 Å². The van der Waals surface area contributed by atoms with E-state index < -0.39 is 0 Å². The van der Waals surface area contributed by atoms with Gasteiger partial charge in [-0.3, -0.25) is 10.2 Å². The summed E-state index contributed by atoms with van der Waals surface area (Å²) >= 11 is 0. The van der Waals surface area contributed by atoms with Crippen LogP contribution in [0.3, 0.4) is 0 Å². The van der Waals surface area contributed by atoms with Crippen LogP contribution in [0.5, 0.6) is 5.75 Å². The minimum atomic E-state index is -0.362. The summed E-state index contributed by atoms with van der Waals surface area (Å²) in [4.78, 5) is 25.0. The van der Waals surface area contributed by atoms with E-state index in [0.29, 0.717) is 23.8 Å². The van der Waals surface area contributed by atoms with E-state index in [1.54, 1.807) is 24.3 Å². The Balaban J connectivity index is 0.00000400. The number of nitrogens with one attached hydrogen (secondary N) is 2. The largest absolute Gasteiger partial charge is 0.457 e. The fourth-order valence-electron chi connectivity index (χ4n) is 4.49. The van der Waals surface area contributed by atoms with E-state index in [0.717, 1.165) is 47.9 Å². The van der Waals surface area contributed by atoms with Crippen LogP contribution in [-0.4, -0.2) is 24.4 Å². The molecule has 200 valence electrons. The Hall–Kier alpha value is -3.84. The molecule has 0 bridgehead atoms. The molecule has 0 aromatic heterocycles. The lowest BCUT2D eigenvalue weighted by atomic mass is 9.82. The van der Waals surface area contributed by atoms with Gasteiger partial charge in [0.2, 0.25) is 0 Å². The number of carbonyl (C=O) groups excluding carboxylic acids is 2. The molecule has 0 saturated heterocycles. The van der Waals surface area contributed by atoms with Crippen molar-refractivity contribution >= 4 is 30.3 Å². The van der Waals surface area contributed by atoms with Crippen molar-refractivity contribution < 1.29 is 19.1 Å². The molecule has 0 unspecified atom stereocenters. The quantitative estimate of drug-likeness (QED) is 0.149. The minimum Gasteiger partial charge on any atom is -0.457 e. The number of carbonyl (C=O) groups is 2. The zero-order valence-corrected chi connectivity index (χ0v) is 22.3. The third-order valence-corrected chi connectivity index (χ3v) is 6.78. The Morgan fingerprint density at radius 1 is 0.895 bits per heavy atom. The normalized spacial score (nSPS) is 16.6. The molecule has 3 aromatic rings. The summed E-state index contributed by atoms with van der Waals surface area (Å²) in [6, 6.07) is 22.5. The molecule has 3 aromatic carbocycles. The number of hydrogen-bond donors (Lipinski definition) is 3. The van der Waals surface area contributed by atoms with Gasteiger partial charge in [-0.05, 0) is 79.5 Å². The average molecular weight is 536 g/mol. The third-order valence-electron chi connectivity index (χ3n) is 6.78. The lowest BCUT2D eigenvalue weighted by molar-refractivity contribution is -0.140. The Morgan fingerprint density at radius 3 is 2.05 bits per heavy atom. The predicted molar refractivity (Wildman–Crippen MR) is 150 cm³/mol. The summed E-state index contributed by atoms with van der Waals surface area (Å²) in [5.41, 5.74) is 9.86. The molecule has 4 rings (SSSR count).